The molecule has 0 nitrogen and oxygen atoms in total. The van der Waals surface area contributed by atoms with Crippen molar-refractivity contribution in [1.82, 2.24) is 0 Å². The van der Waals surface area contributed by atoms with Gasteiger partial charge in [0, 0.05) is 13.4 Å². The molecule has 0 radical (unpaired) electrons. The highest BCUT2D eigenvalue weighted by molar-refractivity contribution is 9.13. The second-order valence-corrected chi connectivity index (χ2v) is 5.67. The third-order valence-corrected chi connectivity index (χ3v) is 4.63. The molecule has 0 amide bonds. The van der Waals surface area contributed by atoms with Crippen LogP contribution in [0.5, 0.6) is 0 Å². The molecule has 0 saturated carbocycles. The first-order chi connectivity index (χ1) is 7.18. The lowest BCUT2D eigenvalue weighted by Crippen LogP contribution is -1.80. The molecule has 0 unspecified atom stereocenters. The summed E-state index contributed by atoms with van der Waals surface area (Å²) in [5.41, 5.74) is 2.38. The van der Waals surface area contributed by atoms with Crippen LogP contribution in [0.3, 0.4) is 0 Å². The van der Waals surface area contributed by atoms with E-state index < -0.39 is 0 Å². The lowest BCUT2D eigenvalue weighted by Gasteiger charge is -2.06. The molecule has 2 rings (SSSR count). The fourth-order valence-electron chi connectivity index (χ4n) is 1.38. The van der Waals surface area contributed by atoms with Gasteiger partial charge in [-0.1, -0.05) is 40.2 Å². The number of benzene rings is 2. The molecule has 0 aliphatic carbocycles. The molecular weight excluding hydrogens is 384 g/mol. The molecule has 0 bridgehead atoms. The Morgan fingerprint density at radius 2 is 1.53 bits per heavy atom. The molecule has 0 saturated heterocycles. The Morgan fingerprint density at radius 1 is 0.800 bits per heavy atom. The molecule has 0 heterocycles. The molecule has 0 aromatic heterocycles. The molecule has 0 N–H and O–H groups in total. The van der Waals surface area contributed by atoms with E-state index in [-0.39, 0.29) is 0 Å². The first-order valence-electron chi connectivity index (χ1n) is 4.38. The second-order valence-electron chi connectivity index (χ2n) is 3.11. The molecule has 2 aromatic carbocycles. The van der Waals surface area contributed by atoms with Crippen molar-refractivity contribution in [2.45, 2.75) is 0 Å². The summed E-state index contributed by atoms with van der Waals surface area (Å²) in [6, 6.07) is 14.4. The SMILES string of the molecule is Brc1cccc(-c2cccc(Br)c2Br)c1. The molecule has 2 aromatic rings. The molecular formula is C12H7Br3. The highest BCUT2D eigenvalue weighted by atomic mass is 79.9. The summed E-state index contributed by atoms with van der Waals surface area (Å²) in [4.78, 5) is 0. The molecule has 0 spiro atoms. The van der Waals surface area contributed by atoms with Gasteiger partial charge in [0.15, 0.2) is 0 Å². The molecule has 0 fully saturated rings. The van der Waals surface area contributed by atoms with Gasteiger partial charge < -0.3 is 0 Å². The lowest BCUT2D eigenvalue weighted by atomic mass is 10.1. The first kappa shape index (κ1) is 11.4. The minimum Gasteiger partial charge on any atom is -0.0605 e. The molecule has 0 aliphatic heterocycles. The van der Waals surface area contributed by atoms with E-state index >= 15 is 0 Å². The van der Waals surface area contributed by atoms with Crippen molar-refractivity contribution in [3.8, 4) is 11.1 Å². The fraction of sp³-hybridized carbons (Fsp3) is 0. The van der Waals surface area contributed by atoms with Crippen molar-refractivity contribution in [2.75, 3.05) is 0 Å². The van der Waals surface area contributed by atoms with Gasteiger partial charge in [-0.15, -0.1) is 0 Å². The number of hydrogen-bond donors (Lipinski definition) is 0. The zero-order valence-corrected chi connectivity index (χ0v) is 12.4. The summed E-state index contributed by atoms with van der Waals surface area (Å²) in [6.45, 7) is 0. The zero-order valence-electron chi connectivity index (χ0n) is 7.68. The molecule has 76 valence electrons. The molecule has 0 atom stereocenters. The highest BCUT2D eigenvalue weighted by Crippen LogP contribution is 2.34. The van der Waals surface area contributed by atoms with Crippen LogP contribution in [0.25, 0.3) is 11.1 Å². The van der Waals surface area contributed by atoms with Crippen LogP contribution in [-0.2, 0) is 0 Å². The average Bonchev–Trinajstić information content (AvgIpc) is 2.22. The van der Waals surface area contributed by atoms with E-state index in [1.807, 2.05) is 24.3 Å². The summed E-state index contributed by atoms with van der Waals surface area (Å²) in [5, 5.41) is 0. The van der Waals surface area contributed by atoms with Crippen molar-refractivity contribution < 1.29 is 0 Å². The Hall–Kier alpha value is -0.120. The highest BCUT2D eigenvalue weighted by Gasteiger charge is 2.05. The van der Waals surface area contributed by atoms with Gasteiger partial charge in [-0.05, 0) is 61.2 Å². The summed E-state index contributed by atoms with van der Waals surface area (Å²) < 4.78 is 3.25. The monoisotopic (exact) mass is 388 g/mol. The van der Waals surface area contributed by atoms with Crippen molar-refractivity contribution in [3.63, 3.8) is 0 Å². The van der Waals surface area contributed by atoms with Crippen molar-refractivity contribution >= 4 is 47.8 Å². The Balaban J connectivity index is 2.59. The summed E-state index contributed by atoms with van der Waals surface area (Å²) in [6.07, 6.45) is 0. The number of rotatable bonds is 1. The van der Waals surface area contributed by atoms with Gasteiger partial charge in [0.25, 0.3) is 0 Å². The maximum Gasteiger partial charge on any atom is 0.0395 e. The zero-order chi connectivity index (χ0) is 10.8. The van der Waals surface area contributed by atoms with Gasteiger partial charge in [-0.25, -0.2) is 0 Å². The Morgan fingerprint density at radius 3 is 2.27 bits per heavy atom. The fourth-order valence-corrected chi connectivity index (χ4v) is 2.64. The largest absolute Gasteiger partial charge is 0.0605 e. The summed E-state index contributed by atoms with van der Waals surface area (Å²) in [5.74, 6) is 0. The van der Waals surface area contributed by atoms with Crippen LogP contribution in [0.1, 0.15) is 0 Å². The lowest BCUT2D eigenvalue weighted by molar-refractivity contribution is 1.54. The van der Waals surface area contributed by atoms with E-state index in [1.165, 1.54) is 11.1 Å². The van der Waals surface area contributed by atoms with Gasteiger partial charge in [-0.3, -0.25) is 0 Å². The van der Waals surface area contributed by atoms with Crippen LogP contribution in [0, 0.1) is 0 Å². The Kier molecular flexibility index (Phi) is 3.65. The molecule has 15 heavy (non-hydrogen) atoms. The van der Waals surface area contributed by atoms with Crippen LogP contribution >= 0.6 is 47.8 Å². The predicted molar refractivity (Wildman–Crippen MR) is 75.0 cm³/mol. The van der Waals surface area contributed by atoms with Crippen LogP contribution in [-0.4, -0.2) is 0 Å². The van der Waals surface area contributed by atoms with Gasteiger partial charge in [0.05, 0.1) is 0 Å². The Labute approximate surface area is 114 Å². The maximum atomic E-state index is 3.58. The first-order valence-corrected chi connectivity index (χ1v) is 6.76. The third-order valence-electron chi connectivity index (χ3n) is 2.09. The van der Waals surface area contributed by atoms with Crippen molar-refractivity contribution in [1.29, 1.82) is 0 Å². The second kappa shape index (κ2) is 4.81. The predicted octanol–water partition coefficient (Wildman–Crippen LogP) is 5.64. The van der Waals surface area contributed by atoms with Crippen LogP contribution in [0.4, 0.5) is 0 Å². The smallest absolute Gasteiger partial charge is 0.0395 e. The minimum atomic E-state index is 1.07. The molecule has 3 heteroatoms. The van der Waals surface area contributed by atoms with Gasteiger partial charge in [0.2, 0.25) is 0 Å². The topological polar surface area (TPSA) is 0 Å². The maximum absolute atomic E-state index is 3.58. The van der Waals surface area contributed by atoms with Crippen LogP contribution < -0.4 is 0 Å². The minimum absolute atomic E-state index is 1.07. The third kappa shape index (κ3) is 2.52. The van der Waals surface area contributed by atoms with Gasteiger partial charge >= 0.3 is 0 Å². The van der Waals surface area contributed by atoms with Crippen molar-refractivity contribution in [2.24, 2.45) is 0 Å². The van der Waals surface area contributed by atoms with E-state index in [0.717, 1.165) is 13.4 Å². The van der Waals surface area contributed by atoms with Crippen LogP contribution in [0.15, 0.2) is 55.9 Å². The summed E-state index contributed by atoms with van der Waals surface area (Å²) in [7, 11) is 0. The van der Waals surface area contributed by atoms with E-state index in [1.54, 1.807) is 0 Å². The summed E-state index contributed by atoms with van der Waals surface area (Å²) >= 11 is 10.6. The standard InChI is InChI=1S/C12H7Br3/c13-9-4-1-3-8(7-9)10-5-2-6-11(14)12(10)15/h1-7H. The molecule has 0 aliphatic rings. The number of hydrogen-bond acceptors (Lipinski definition) is 0. The van der Waals surface area contributed by atoms with E-state index in [2.05, 4.69) is 66.0 Å². The van der Waals surface area contributed by atoms with Gasteiger partial charge in [0.1, 0.15) is 0 Å². The van der Waals surface area contributed by atoms with E-state index in [0.29, 0.717) is 0 Å². The van der Waals surface area contributed by atoms with E-state index in [4.69, 9.17) is 0 Å². The quantitative estimate of drug-likeness (QED) is 0.591. The number of halogens is 3. The van der Waals surface area contributed by atoms with Crippen molar-refractivity contribution in [3.05, 3.63) is 55.9 Å². The Bertz CT molecular complexity index is 492. The normalized spacial score (nSPS) is 10.3. The van der Waals surface area contributed by atoms with Gasteiger partial charge in [-0.2, -0.15) is 0 Å². The van der Waals surface area contributed by atoms with Crippen LogP contribution in [0.2, 0.25) is 0 Å². The van der Waals surface area contributed by atoms with E-state index in [9.17, 15) is 0 Å². The average molecular weight is 391 g/mol.